The second-order valence-electron chi connectivity index (χ2n) is 6.28. The Labute approximate surface area is 127 Å². The molecule has 1 heterocycles. The molecule has 1 aromatic carbocycles. The van der Waals surface area contributed by atoms with Crippen molar-refractivity contribution in [1.82, 2.24) is 5.32 Å². The minimum absolute atomic E-state index is 0.252. The van der Waals surface area contributed by atoms with Gasteiger partial charge in [0.15, 0.2) is 0 Å². The summed E-state index contributed by atoms with van der Waals surface area (Å²) < 4.78 is 0. The van der Waals surface area contributed by atoms with Crippen molar-refractivity contribution in [3.05, 3.63) is 29.8 Å². The van der Waals surface area contributed by atoms with Gasteiger partial charge in [0.05, 0.1) is 0 Å². The first-order chi connectivity index (χ1) is 10.3. The van der Waals surface area contributed by atoms with Gasteiger partial charge in [-0.2, -0.15) is 0 Å². The third-order valence-electron chi connectivity index (χ3n) is 4.92. The van der Waals surface area contributed by atoms with Gasteiger partial charge >= 0.3 is 0 Å². The molecule has 0 radical (unpaired) electrons. The van der Waals surface area contributed by atoms with Gasteiger partial charge in [-0.25, -0.2) is 0 Å². The number of rotatable bonds is 3. The number of amides is 1. The van der Waals surface area contributed by atoms with E-state index in [4.69, 9.17) is 0 Å². The third kappa shape index (κ3) is 2.98. The lowest BCUT2D eigenvalue weighted by Gasteiger charge is -2.37. The molecule has 1 unspecified atom stereocenters. The summed E-state index contributed by atoms with van der Waals surface area (Å²) in [5.41, 5.74) is 2.42. The number of carbonyl (C=O) groups is 1. The van der Waals surface area contributed by atoms with Crippen LogP contribution in [0.3, 0.4) is 0 Å². The lowest BCUT2D eigenvalue weighted by molar-refractivity contribution is -0.123. The molecule has 0 bridgehead atoms. The van der Waals surface area contributed by atoms with Crippen LogP contribution in [0, 0.1) is 5.92 Å². The van der Waals surface area contributed by atoms with Gasteiger partial charge in [0.25, 0.3) is 0 Å². The first kappa shape index (κ1) is 14.6. The highest BCUT2D eigenvalue weighted by molar-refractivity contribution is 5.96. The van der Waals surface area contributed by atoms with E-state index in [9.17, 15) is 4.79 Å². The van der Waals surface area contributed by atoms with Crippen LogP contribution in [0.15, 0.2) is 24.3 Å². The highest BCUT2D eigenvalue weighted by atomic mass is 16.2. The van der Waals surface area contributed by atoms with Crippen LogP contribution >= 0.6 is 0 Å². The number of carbonyl (C=O) groups excluding carboxylic acids is 1. The minimum Gasteiger partial charge on any atom is -0.312 e. The standard InChI is InChI=1S/C18H26N2O/c1-2-19-16-12-13-20(17-11-7-6-10-15(16)17)18(21)14-8-4-3-5-9-14/h6-7,10-11,14,16,19H,2-5,8-9,12-13H2,1H3. The highest BCUT2D eigenvalue weighted by Gasteiger charge is 2.32. The Morgan fingerprint density at radius 1 is 1.19 bits per heavy atom. The quantitative estimate of drug-likeness (QED) is 0.920. The molecule has 1 aliphatic heterocycles. The molecule has 2 aliphatic rings. The molecule has 3 nitrogen and oxygen atoms in total. The second kappa shape index (κ2) is 6.61. The molecule has 3 rings (SSSR count). The number of para-hydroxylation sites is 1. The third-order valence-corrected chi connectivity index (χ3v) is 4.92. The SMILES string of the molecule is CCNC1CCN(C(=O)C2CCCCC2)c2ccccc21. The number of hydrogen-bond acceptors (Lipinski definition) is 2. The second-order valence-corrected chi connectivity index (χ2v) is 6.28. The topological polar surface area (TPSA) is 32.3 Å². The van der Waals surface area contributed by atoms with Crippen LogP contribution in [0.5, 0.6) is 0 Å². The zero-order chi connectivity index (χ0) is 14.7. The van der Waals surface area contributed by atoms with E-state index in [0.717, 1.165) is 38.0 Å². The molecule has 1 N–H and O–H groups in total. The van der Waals surface area contributed by atoms with E-state index in [1.54, 1.807) is 0 Å². The van der Waals surface area contributed by atoms with E-state index in [-0.39, 0.29) is 5.92 Å². The maximum Gasteiger partial charge on any atom is 0.230 e. The van der Waals surface area contributed by atoms with Gasteiger partial charge in [-0.3, -0.25) is 4.79 Å². The van der Waals surface area contributed by atoms with Crippen LogP contribution in [0.4, 0.5) is 5.69 Å². The Kier molecular flexibility index (Phi) is 4.59. The first-order valence-electron chi connectivity index (χ1n) is 8.45. The molecule has 1 amide bonds. The molecule has 1 fully saturated rings. The predicted molar refractivity (Wildman–Crippen MR) is 86.4 cm³/mol. The Balaban J connectivity index is 1.83. The van der Waals surface area contributed by atoms with Crippen molar-refractivity contribution in [3.63, 3.8) is 0 Å². The number of anilines is 1. The Morgan fingerprint density at radius 3 is 2.71 bits per heavy atom. The van der Waals surface area contributed by atoms with E-state index in [1.165, 1.54) is 24.8 Å². The normalized spacial score (nSPS) is 22.9. The van der Waals surface area contributed by atoms with Gasteiger partial charge in [0, 0.05) is 24.2 Å². The number of benzene rings is 1. The van der Waals surface area contributed by atoms with Gasteiger partial charge in [0.2, 0.25) is 5.91 Å². The fourth-order valence-corrected chi connectivity index (χ4v) is 3.82. The van der Waals surface area contributed by atoms with Crippen LogP contribution in [0.25, 0.3) is 0 Å². The summed E-state index contributed by atoms with van der Waals surface area (Å²) in [5.74, 6) is 0.611. The molecule has 3 heteroatoms. The van der Waals surface area contributed by atoms with Gasteiger partial charge < -0.3 is 10.2 Å². The van der Waals surface area contributed by atoms with Crippen molar-refractivity contribution in [2.45, 2.75) is 51.5 Å². The van der Waals surface area contributed by atoms with Crippen LogP contribution in [0.2, 0.25) is 0 Å². The van der Waals surface area contributed by atoms with Crippen molar-refractivity contribution in [2.75, 3.05) is 18.0 Å². The van der Waals surface area contributed by atoms with Crippen LogP contribution in [-0.4, -0.2) is 19.0 Å². The van der Waals surface area contributed by atoms with Gasteiger partial charge in [-0.1, -0.05) is 44.4 Å². The molecule has 1 atom stereocenters. The van der Waals surface area contributed by atoms with Crippen molar-refractivity contribution >= 4 is 11.6 Å². The Bertz CT molecular complexity index is 494. The number of nitrogens with zero attached hydrogens (tertiary/aromatic N) is 1. The maximum atomic E-state index is 12.9. The smallest absolute Gasteiger partial charge is 0.230 e. The average molecular weight is 286 g/mol. The maximum absolute atomic E-state index is 12.9. The Morgan fingerprint density at radius 2 is 1.95 bits per heavy atom. The van der Waals surface area contributed by atoms with Crippen molar-refractivity contribution in [2.24, 2.45) is 5.92 Å². The molecule has 1 saturated carbocycles. The molecule has 0 aromatic heterocycles. The zero-order valence-electron chi connectivity index (χ0n) is 13.0. The molecule has 21 heavy (non-hydrogen) atoms. The van der Waals surface area contributed by atoms with Crippen LogP contribution in [-0.2, 0) is 4.79 Å². The molecule has 0 spiro atoms. The molecule has 114 valence electrons. The van der Waals surface area contributed by atoms with Gasteiger partial charge in [-0.15, -0.1) is 0 Å². The minimum atomic E-state index is 0.252. The number of nitrogens with one attached hydrogen (secondary N) is 1. The molecule has 0 saturated heterocycles. The Hall–Kier alpha value is -1.35. The summed E-state index contributed by atoms with van der Waals surface area (Å²) in [6.07, 6.45) is 6.90. The zero-order valence-corrected chi connectivity index (χ0v) is 13.0. The summed E-state index contributed by atoms with van der Waals surface area (Å²) in [6.45, 7) is 3.96. The lowest BCUT2D eigenvalue weighted by Crippen LogP contribution is -2.43. The van der Waals surface area contributed by atoms with Crippen LogP contribution < -0.4 is 10.2 Å². The predicted octanol–water partition coefficient (Wildman–Crippen LogP) is 3.65. The van der Waals surface area contributed by atoms with E-state index in [2.05, 4.69) is 35.3 Å². The van der Waals surface area contributed by atoms with E-state index >= 15 is 0 Å². The van der Waals surface area contributed by atoms with Crippen molar-refractivity contribution in [3.8, 4) is 0 Å². The molecule has 1 aromatic rings. The fraction of sp³-hybridized carbons (Fsp3) is 0.611. The number of fused-ring (bicyclic) bond motifs is 1. The van der Waals surface area contributed by atoms with Gasteiger partial charge in [-0.05, 0) is 37.4 Å². The van der Waals surface area contributed by atoms with E-state index in [1.807, 2.05) is 6.07 Å². The molecular formula is C18H26N2O. The number of hydrogen-bond donors (Lipinski definition) is 1. The average Bonchev–Trinajstić information content (AvgIpc) is 2.56. The summed E-state index contributed by atoms with van der Waals surface area (Å²) in [7, 11) is 0. The molecular weight excluding hydrogens is 260 g/mol. The van der Waals surface area contributed by atoms with Crippen molar-refractivity contribution < 1.29 is 4.79 Å². The largest absolute Gasteiger partial charge is 0.312 e. The fourth-order valence-electron chi connectivity index (χ4n) is 3.82. The summed E-state index contributed by atoms with van der Waals surface area (Å²) in [6, 6.07) is 8.80. The van der Waals surface area contributed by atoms with Crippen molar-refractivity contribution in [1.29, 1.82) is 0 Å². The monoisotopic (exact) mass is 286 g/mol. The summed E-state index contributed by atoms with van der Waals surface area (Å²) >= 11 is 0. The summed E-state index contributed by atoms with van der Waals surface area (Å²) in [4.78, 5) is 14.9. The lowest BCUT2D eigenvalue weighted by atomic mass is 9.87. The van der Waals surface area contributed by atoms with E-state index in [0.29, 0.717) is 11.9 Å². The molecule has 1 aliphatic carbocycles. The summed E-state index contributed by atoms with van der Waals surface area (Å²) in [5, 5.41) is 3.54. The van der Waals surface area contributed by atoms with Gasteiger partial charge in [0.1, 0.15) is 0 Å². The van der Waals surface area contributed by atoms with Crippen LogP contribution in [0.1, 0.15) is 57.1 Å². The highest BCUT2D eigenvalue weighted by Crippen LogP contribution is 2.36. The van der Waals surface area contributed by atoms with E-state index < -0.39 is 0 Å². The first-order valence-corrected chi connectivity index (χ1v) is 8.45.